The molecule has 2 aromatic carbocycles. The van der Waals surface area contributed by atoms with Crippen LogP contribution in [0.1, 0.15) is 28.7 Å². The molecule has 0 aromatic heterocycles. The zero-order valence-electron chi connectivity index (χ0n) is 13.9. The van der Waals surface area contributed by atoms with Crippen LogP contribution in [-0.2, 0) is 11.3 Å². The van der Waals surface area contributed by atoms with Crippen molar-refractivity contribution in [2.24, 2.45) is 0 Å². The van der Waals surface area contributed by atoms with Gasteiger partial charge in [0, 0.05) is 18.5 Å². The summed E-state index contributed by atoms with van der Waals surface area (Å²) in [6, 6.07) is 12.9. The van der Waals surface area contributed by atoms with E-state index in [0.29, 0.717) is 24.1 Å². The topological polar surface area (TPSA) is 38.3 Å². The molecule has 1 N–H and O–H groups in total. The zero-order valence-corrected chi connectivity index (χ0v) is 13.9. The normalized spacial score (nSPS) is 9.79. The largest absolute Gasteiger partial charge is 0.445 e. The lowest BCUT2D eigenvalue weighted by molar-refractivity contribution is 0.140. The average molecular weight is 325 g/mol. The zero-order chi connectivity index (χ0) is 17.4. The average Bonchev–Trinajstić information content (AvgIpc) is 2.58. The molecule has 0 atom stereocenters. The number of carbonyl (C=O) groups is 1. The van der Waals surface area contributed by atoms with Crippen molar-refractivity contribution in [3.05, 3.63) is 70.5 Å². The third-order valence-electron chi connectivity index (χ3n) is 3.40. The van der Waals surface area contributed by atoms with Gasteiger partial charge >= 0.3 is 6.09 Å². The van der Waals surface area contributed by atoms with E-state index in [-0.39, 0.29) is 12.4 Å². The maximum Gasteiger partial charge on any atom is 0.407 e. The molecule has 0 bridgehead atoms. The Kier molecular flexibility index (Phi) is 6.39. The molecule has 4 heteroatoms. The predicted octanol–water partition coefficient (Wildman–Crippen LogP) is 4.11. The first-order valence-electron chi connectivity index (χ1n) is 7.76. The maximum atomic E-state index is 13.5. The number of halogens is 1. The molecule has 0 heterocycles. The number of hydrogen-bond donors (Lipinski definition) is 1. The molecule has 1 amide bonds. The van der Waals surface area contributed by atoms with E-state index in [1.54, 1.807) is 26.0 Å². The monoisotopic (exact) mass is 325 g/mol. The first-order chi connectivity index (χ1) is 11.6. The highest BCUT2D eigenvalue weighted by atomic mass is 19.1. The van der Waals surface area contributed by atoms with Gasteiger partial charge in [0.1, 0.15) is 12.4 Å². The van der Waals surface area contributed by atoms with Crippen LogP contribution in [0.25, 0.3) is 0 Å². The van der Waals surface area contributed by atoms with E-state index in [0.717, 1.165) is 11.1 Å². The Morgan fingerprint density at radius 2 is 1.83 bits per heavy atom. The number of carbonyl (C=O) groups excluding carboxylic acids is 1. The van der Waals surface area contributed by atoms with Gasteiger partial charge in [-0.1, -0.05) is 42.2 Å². The molecule has 0 saturated carbocycles. The van der Waals surface area contributed by atoms with Gasteiger partial charge < -0.3 is 10.1 Å². The number of aryl methyl sites for hydroxylation is 2. The SMILES string of the molecule is Cc1cc(C#CCCNC(=O)OCc2ccccc2)cc(C)c1F. The van der Waals surface area contributed by atoms with E-state index < -0.39 is 6.09 Å². The minimum atomic E-state index is -0.464. The lowest BCUT2D eigenvalue weighted by atomic mass is 10.1. The van der Waals surface area contributed by atoms with Crippen molar-refractivity contribution < 1.29 is 13.9 Å². The summed E-state index contributed by atoms with van der Waals surface area (Å²) in [6.45, 7) is 4.09. The summed E-state index contributed by atoms with van der Waals surface area (Å²) in [4.78, 5) is 11.6. The molecule has 0 radical (unpaired) electrons. The lowest BCUT2D eigenvalue weighted by Gasteiger charge is -2.05. The smallest absolute Gasteiger partial charge is 0.407 e. The number of ether oxygens (including phenoxy) is 1. The number of alkyl carbamates (subject to hydrolysis) is 1. The second-order valence-corrected chi connectivity index (χ2v) is 5.46. The molecule has 0 saturated heterocycles. The van der Waals surface area contributed by atoms with Crippen molar-refractivity contribution in [2.45, 2.75) is 26.9 Å². The fraction of sp³-hybridized carbons (Fsp3) is 0.250. The minimum Gasteiger partial charge on any atom is -0.445 e. The van der Waals surface area contributed by atoms with Crippen LogP contribution in [0.2, 0.25) is 0 Å². The van der Waals surface area contributed by atoms with Crippen LogP contribution in [0.3, 0.4) is 0 Å². The molecule has 24 heavy (non-hydrogen) atoms. The highest BCUT2D eigenvalue weighted by Crippen LogP contribution is 2.13. The van der Waals surface area contributed by atoms with Gasteiger partial charge in [-0.25, -0.2) is 9.18 Å². The molecule has 2 rings (SSSR count). The van der Waals surface area contributed by atoms with Gasteiger partial charge in [-0.15, -0.1) is 0 Å². The fourth-order valence-electron chi connectivity index (χ4n) is 2.18. The summed E-state index contributed by atoms with van der Waals surface area (Å²) in [7, 11) is 0. The molecule has 0 spiro atoms. The van der Waals surface area contributed by atoms with E-state index >= 15 is 0 Å². The fourth-order valence-corrected chi connectivity index (χ4v) is 2.18. The first-order valence-corrected chi connectivity index (χ1v) is 7.76. The van der Waals surface area contributed by atoms with Gasteiger partial charge in [0.2, 0.25) is 0 Å². The Balaban J connectivity index is 1.72. The summed E-state index contributed by atoms with van der Waals surface area (Å²) in [5.41, 5.74) is 2.89. The molecule has 0 aliphatic rings. The van der Waals surface area contributed by atoms with Crippen LogP contribution in [0, 0.1) is 31.5 Å². The molecule has 0 aliphatic heterocycles. The molecule has 3 nitrogen and oxygen atoms in total. The van der Waals surface area contributed by atoms with Crippen molar-refractivity contribution in [1.82, 2.24) is 5.32 Å². The Labute approximate surface area is 141 Å². The first kappa shape index (κ1) is 17.6. The van der Waals surface area contributed by atoms with Gasteiger partial charge in [-0.05, 0) is 42.7 Å². The highest BCUT2D eigenvalue weighted by molar-refractivity contribution is 5.67. The van der Waals surface area contributed by atoms with Crippen LogP contribution in [-0.4, -0.2) is 12.6 Å². The number of hydrogen-bond acceptors (Lipinski definition) is 2. The van der Waals surface area contributed by atoms with E-state index in [2.05, 4.69) is 17.2 Å². The molecular formula is C20H20FNO2. The minimum absolute atomic E-state index is 0.191. The van der Waals surface area contributed by atoms with Gasteiger partial charge in [0.15, 0.2) is 0 Å². The highest BCUT2D eigenvalue weighted by Gasteiger charge is 2.03. The van der Waals surface area contributed by atoms with Crippen molar-refractivity contribution in [2.75, 3.05) is 6.54 Å². The Morgan fingerprint density at radius 3 is 2.50 bits per heavy atom. The van der Waals surface area contributed by atoms with Crippen LogP contribution in [0.5, 0.6) is 0 Å². The third-order valence-corrected chi connectivity index (χ3v) is 3.40. The summed E-state index contributed by atoms with van der Waals surface area (Å²) in [5.74, 6) is 5.75. The Bertz CT molecular complexity index is 737. The summed E-state index contributed by atoms with van der Waals surface area (Å²) < 4.78 is 18.6. The van der Waals surface area contributed by atoms with Crippen LogP contribution >= 0.6 is 0 Å². The van der Waals surface area contributed by atoms with Crippen molar-refractivity contribution in [3.63, 3.8) is 0 Å². The van der Waals surface area contributed by atoms with Gasteiger partial charge in [-0.3, -0.25) is 0 Å². The third kappa shape index (κ3) is 5.44. The molecular weight excluding hydrogens is 305 g/mol. The molecule has 0 aliphatic carbocycles. The molecule has 2 aromatic rings. The van der Waals surface area contributed by atoms with E-state index in [4.69, 9.17) is 4.74 Å². The van der Waals surface area contributed by atoms with E-state index in [1.807, 2.05) is 30.3 Å². The number of rotatable bonds is 4. The van der Waals surface area contributed by atoms with Crippen molar-refractivity contribution in [3.8, 4) is 11.8 Å². The quantitative estimate of drug-likeness (QED) is 0.678. The van der Waals surface area contributed by atoms with Crippen molar-refractivity contribution >= 4 is 6.09 Å². The van der Waals surface area contributed by atoms with Crippen molar-refractivity contribution in [1.29, 1.82) is 0 Å². The van der Waals surface area contributed by atoms with Crippen LogP contribution in [0.4, 0.5) is 9.18 Å². The maximum absolute atomic E-state index is 13.5. The van der Waals surface area contributed by atoms with Crippen LogP contribution < -0.4 is 5.32 Å². The van der Waals surface area contributed by atoms with Gasteiger partial charge in [0.05, 0.1) is 0 Å². The molecule has 124 valence electrons. The van der Waals surface area contributed by atoms with Crippen LogP contribution in [0.15, 0.2) is 42.5 Å². The lowest BCUT2D eigenvalue weighted by Crippen LogP contribution is -2.24. The number of benzene rings is 2. The van der Waals surface area contributed by atoms with Gasteiger partial charge in [-0.2, -0.15) is 0 Å². The second kappa shape index (κ2) is 8.73. The number of nitrogens with one attached hydrogen (secondary N) is 1. The van der Waals surface area contributed by atoms with Gasteiger partial charge in [0.25, 0.3) is 0 Å². The summed E-state index contributed by atoms with van der Waals surface area (Å²) in [6.07, 6.45) is 0.0322. The Morgan fingerprint density at radius 1 is 1.17 bits per heavy atom. The van der Waals surface area contributed by atoms with E-state index in [1.165, 1.54) is 0 Å². The molecule has 0 fully saturated rings. The standard InChI is InChI=1S/C20H20FNO2/c1-15-12-18(13-16(2)19(15)21)10-6-7-11-22-20(23)24-14-17-8-4-3-5-9-17/h3-5,8-9,12-13H,7,11,14H2,1-2H3,(H,22,23). The predicted molar refractivity (Wildman–Crippen MR) is 92.0 cm³/mol. The number of amides is 1. The molecule has 0 unspecified atom stereocenters. The second-order valence-electron chi connectivity index (χ2n) is 5.46. The Hall–Kier alpha value is -2.80. The van der Waals surface area contributed by atoms with E-state index in [9.17, 15) is 9.18 Å². The summed E-state index contributed by atoms with van der Waals surface area (Å²) in [5, 5.41) is 2.65. The summed E-state index contributed by atoms with van der Waals surface area (Å²) >= 11 is 0.